The van der Waals surface area contributed by atoms with Gasteiger partial charge in [-0.15, -0.1) is 0 Å². The molecule has 1 saturated carbocycles. The molecule has 6 heteroatoms. The molecule has 0 spiro atoms. The van der Waals surface area contributed by atoms with E-state index in [0.29, 0.717) is 0 Å². The number of hydrogen-bond acceptors (Lipinski definition) is 5. The first-order valence-corrected chi connectivity index (χ1v) is 13.0. The molecule has 3 aromatic rings. The summed E-state index contributed by atoms with van der Waals surface area (Å²) in [5.41, 5.74) is 2.82. The van der Waals surface area contributed by atoms with E-state index < -0.39 is 13.2 Å². The minimum absolute atomic E-state index is 0.000136. The second kappa shape index (κ2) is 10.3. The van der Waals surface area contributed by atoms with Crippen molar-refractivity contribution in [2.45, 2.75) is 44.0 Å². The molecule has 1 aliphatic rings. The monoisotopic (exact) mass is 449 g/mol. The van der Waals surface area contributed by atoms with Crippen LogP contribution in [0.3, 0.4) is 0 Å². The van der Waals surface area contributed by atoms with Gasteiger partial charge in [-0.25, -0.2) is 0 Å². The van der Waals surface area contributed by atoms with Crippen LogP contribution < -0.4 is 15.5 Å². The molecule has 0 bridgehead atoms. The van der Waals surface area contributed by atoms with Gasteiger partial charge in [0.25, 0.3) is 7.37 Å². The third-order valence-corrected chi connectivity index (χ3v) is 8.74. The Bertz CT molecular complexity index is 1020. The lowest BCUT2D eigenvalue weighted by atomic mass is 9.98. The van der Waals surface area contributed by atoms with E-state index in [9.17, 15) is 4.57 Å². The number of pyridine rings is 1. The summed E-state index contributed by atoms with van der Waals surface area (Å²) in [6.45, 7) is 0. The summed E-state index contributed by atoms with van der Waals surface area (Å²) in [6.07, 6.45) is 8.88. The molecule has 1 N–H and O–H groups in total. The van der Waals surface area contributed by atoms with Gasteiger partial charge in [0.2, 0.25) is 0 Å². The molecule has 32 heavy (non-hydrogen) atoms. The van der Waals surface area contributed by atoms with Crippen LogP contribution in [0, 0.1) is 0 Å². The Morgan fingerprint density at radius 3 is 2.31 bits per heavy atom. The van der Waals surface area contributed by atoms with E-state index in [1.807, 2.05) is 85.7 Å². The van der Waals surface area contributed by atoms with Gasteiger partial charge >= 0.3 is 0 Å². The molecule has 0 radical (unpaired) electrons. The molecule has 168 valence electrons. The lowest BCUT2D eigenvalue weighted by molar-refractivity contribution is 0.159. The molecule has 2 aromatic carbocycles. The maximum atomic E-state index is 14.9. The maximum Gasteiger partial charge on any atom is 0.258 e. The number of para-hydroxylation sites is 1. The second-order valence-electron chi connectivity index (χ2n) is 8.57. The number of hydrogen-bond donors (Lipinski definition) is 1. The molecule has 5 nitrogen and oxygen atoms in total. The van der Waals surface area contributed by atoms with Crippen molar-refractivity contribution in [3.8, 4) is 0 Å². The number of nitrogens with one attached hydrogen (secondary N) is 1. The van der Waals surface area contributed by atoms with Crippen molar-refractivity contribution in [3.63, 3.8) is 0 Å². The third-order valence-electron chi connectivity index (χ3n) is 6.00. The normalized spacial score (nSPS) is 17.3. The zero-order chi connectivity index (χ0) is 22.4. The van der Waals surface area contributed by atoms with Crippen LogP contribution in [0.15, 0.2) is 79.1 Å². The predicted octanol–water partition coefficient (Wildman–Crippen LogP) is 6.21. The zero-order valence-electron chi connectivity index (χ0n) is 18.9. The summed E-state index contributed by atoms with van der Waals surface area (Å²) in [6, 6.07) is 21.7. The van der Waals surface area contributed by atoms with E-state index in [1.54, 1.807) is 12.4 Å². The molecular formula is C26H32N3O2P. The van der Waals surface area contributed by atoms with E-state index in [-0.39, 0.29) is 6.10 Å². The Kier molecular flexibility index (Phi) is 7.29. The van der Waals surface area contributed by atoms with Gasteiger partial charge in [-0.2, -0.15) is 0 Å². The Morgan fingerprint density at radius 2 is 1.69 bits per heavy atom. The van der Waals surface area contributed by atoms with Crippen LogP contribution in [0.5, 0.6) is 0 Å². The van der Waals surface area contributed by atoms with Gasteiger partial charge in [-0.05, 0) is 55.3 Å². The van der Waals surface area contributed by atoms with Crippen molar-refractivity contribution in [1.29, 1.82) is 0 Å². The van der Waals surface area contributed by atoms with E-state index >= 15 is 0 Å². The quantitative estimate of drug-likeness (QED) is 0.414. The topological polar surface area (TPSA) is 54.5 Å². The molecule has 1 heterocycles. The molecule has 4 rings (SSSR count). The first kappa shape index (κ1) is 22.6. The summed E-state index contributed by atoms with van der Waals surface area (Å²) in [5.74, 6) is -0.536. The molecular weight excluding hydrogens is 417 g/mol. The average Bonchev–Trinajstić information content (AvgIpc) is 2.84. The van der Waals surface area contributed by atoms with E-state index in [1.165, 1.54) is 6.42 Å². The molecule has 0 amide bonds. The molecule has 0 unspecified atom stereocenters. The fourth-order valence-corrected chi connectivity index (χ4v) is 6.84. The van der Waals surface area contributed by atoms with Gasteiger partial charge in [-0.1, -0.05) is 43.5 Å². The molecule has 0 saturated heterocycles. The highest BCUT2D eigenvalue weighted by atomic mass is 31.2. The van der Waals surface area contributed by atoms with Crippen LogP contribution in [-0.4, -0.2) is 25.2 Å². The van der Waals surface area contributed by atoms with E-state index in [2.05, 4.69) is 10.3 Å². The highest BCUT2D eigenvalue weighted by molar-refractivity contribution is 7.67. The van der Waals surface area contributed by atoms with Crippen molar-refractivity contribution >= 4 is 24.0 Å². The van der Waals surface area contributed by atoms with Crippen LogP contribution in [0.2, 0.25) is 0 Å². The number of benzene rings is 2. The zero-order valence-corrected chi connectivity index (χ0v) is 19.7. The highest BCUT2D eigenvalue weighted by Crippen LogP contribution is 2.60. The summed E-state index contributed by atoms with van der Waals surface area (Å²) >= 11 is 0. The van der Waals surface area contributed by atoms with E-state index in [0.717, 1.165) is 47.9 Å². The number of nitrogens with zero attached hydrogens (tertiary/aromatic N) is 2. The van der Waals surface area contributed by atoms with Crippen molar-refractivity contribution in [3.05, 3.63) is 84.7 Å². The van der Waals surface area contributed by atoms with Crippen LogP contribution in [0.4, 0.5) is 11.4 Å². The third kappa shape index (κ3) is 5.23. The minimum atomic E-state index is -3.36. The summed E-state index contributed by atoms with van der Waals surface area (Å²) < 4.78 is 21.5. The Labute approximate surface area is 191 Å². The lowest BCUT2D eigenvalue weighted by Gasteiger charge is -2.34. The van der Waals surface area contributed by atoms with Gasteiger partial charge in [0.05, 0.1) is 6.10 Å². The highest BCUT2D eigenvalue weighted by Gasteiger charge is 2.40. The second-order valence-corrected chi connectivity index (χ2v) is 11.0. The molecule has 1 aliphatic carbocycles. The SMILES string of the molecule is CN(C)c1ccc([P@](=O)(OC2CCCCC2)[C@@H](Nc2ccccc2)c2cccnc2)cc1. The van der Waals surface area contributed by atoms with Gasteiger partial charge in [0.1, 0.15) is 5.78 Å². The van der Waals surface area contributed by atoms with Crippen molar-refractivity contribution < 1.29 is 9.09 Å². The standard InChI is InChI=1S/C26H32N3O2P/c1-29(2)23-15-17-25(18-16-23)32(30,31-24-13-7-4-8-14-24)26(21-10-9-19-27-20-21)28-22-11-5-3-6-12-22/h3,5-6,9-12,15-20,24,26,28H,4,7-8,13-14H2,1-2H3/t26-,32+/m1/s1. The number of anilines is 2. The smallest absolute Gasteiger partial charge is 0.258 e. The van der Waals surface area contributed by atoms with Crippen LogP contribution in [0.25, 0.3) is 0 Å². The number of aromatic nitrogens is 1. The Balaban J connectivity index is 1.79. The van der Waals surface area contributed by atoms with Crippen LogP contribution in [0.1, 0.15) is 43.5 Å². The fraction of sp³-hybridized carbons (Fsp3) is 0.346. The first-order valence-electron chi connectivity index (χ1n) is 11.3. The largest absolute Gasteiger partial charge is 0.378 e. The predicted molar refractivity (Wildman–Crippen MR) is 133 cm³/mol. The van der Waals surface area contributed by atoms with Gasteiger partial charge in [-0.3, -0.25) is 9.55 Å². The molecule has 1 fully saturated rings. The Hall–Kier alpha value is -2.62. The molecule has 2 atom stereocenters. The van der Waals surface area contributed by atoms with Crippen LogP contribution in [-0.2, 0) is 9.09 Å². The molecule has 0 aliphatic heterocycles. The first-order chi connectivity index (χ1) is 15.6. The number of rotatable bonds is 8. The average molecular weight is 450 g/mol. The minimum Gasteiger partial charge on any atom is -0.378 e. The Morgan fingerprint density at radius 1 is 0.969 bits per heavy atom. The van der Waals surface area contributed by atoms with E-state index in [4.69, 9.17) is 4.52 Å². The summed E-state index contributed by atoms with van der Waals surface area (Å²) in [5, 5.41) is 4.25. The maximum absolute atomic E-state index is 14.9. The van der Waals surface area contributed by atoms with Gasteiger partial charge in [0.15, 0.2) is 0 Å². The fourth-order valence-electron chi connectivity index (χ4n) is 4.22. The van der Waals surface area contributed by atoms with Crippen LogP contribution >= 0.6 is 7.37 Å². The van der Waals surface area contributed by atoms with Crippen molar-refractivity contribution in [2.75, 3.05) is 24.3 Å². The lowest BCUT2D eigenvalue weighted by Crippen LogP contribution is -2.25. The summed E-state index contributed by atoms with van der Waals surface area (Å²) in [4.78, 5) is 6.35. The van der Waals surface area contributed by atoms with Crippen molar-refractivity contribution in [1.82, 2.24) is 4.98 Å². The van der Waals surface area contributed by atoms with Gasteiger partial charge in [0, 0.05) is 48.7 Å². The van der Waals surface area contributed by atoms with Gasteiger partial charge < -0.3 is 14.7 Å². The van der Waals surface area contributed by atoms with Crippen molar-refractivity contribution in [2.24, 2.45) is 0 Å². The molecule has 1 aromatic heterocycles. The summed E-state index contributed by atoms with van der Waals surface area (Å²) in [7, 11) is 0.648.